The zero-order chi connectivity index (χ0) is 18.6. The monoisotopic (exact) mass is 358 g/mol. The van der Waals surface area contributed by atoms with E-state index < -0.39 is 11.5 Å². The number of hydrogen-bond acceptors (Lipinski definition) is 3. The molecule has 0 radical (unpaired) electrons. The van der Waals surface area contributed by atoms with Crippen molar-refractivity contribution in [2.24, 2.45) is 0 Å². The summed E-state index contributed by atoms with van der Waals surface area (Å²) in [6.45, 7) is 0. The van der Waals surface area contributed by atoms with Crippen molar-refractivity contribution in [3.63, 3.8) is 0 Å². The number of carbonyl (C=O) groups excluding carboxylic acids is 1. The van der Waals surface area contributed by atoms with Crippen LogP contribution in [0.15, 0.2) is 77.9 Å². The van der Waals surface area contributed by atoms with E-state index in [2.05, 4.69) is 20.3 Å². The summed E-state index contributed by atoms with van der Waals surface area (Å²) in [4.78, 5) is 35.3. The van der Waals surface area contributed by atoms with Gasteiger partial charge in [-0.05, 0) is 23.1 Å². The molecule has 4 aromatic rings. The topological polar surface area (TPSA) is 90.6 Å². The number of benzene rings is 2. The fraction of sp³-hybridized carbons (Fsp3) is 0.0952. The Morgan fingerprint density at radius 3 is 2.63 bits per heavy atom. The minimum atomic E-state index is -0.414. The highest BCUT2D eigenvalue weighted by atomic mass is 16.2. The second-order valence-corrected chi connectivity index (χ2v) is 6.28. The summed E-state index contributed by atoms with van der Waals surface area (Å²) >= 11 is 0. The number of hydrogen-bond donors (Lipinski definition) is 3. The number of imidazole rings is 1. The lowest BCUT2D eigenvalue weighted by molar-refractivity contribution is 0.0935. The van der Waals surface area contributed by atoms with Crippen LogP contribution in [-0.4, -0.2) is 20.9 Å². The zero-order valence-corrected chi connectivity index (χ0v) is 14.5. The van der Waals surface area contributed by atoms with Crippen LogP contribution in [0.3, 0.4) is 0 Å². The minimum absolute atomic E-state index is 0.0917. The number of fused-ring (bicyclic) bond motifs is 1. The van der Waals surface area contributed by atoms with Gasteiger partial charge in [0.25, 0.3) is 11.5 Å². The summed E-state index contributed by atoms with van der Waals surface area (Å²) < 4.78 is 0. The van der Waals surface area contributed by atoms with Crippen molar-refractivity contribution in [1.82, 2.24) is 20.3 Å². The van der Waals surface area contributed by atoms with Crippen molar-refractivity contribution >= 4 is 16.8 Å². The molecule has 1 amide bonds. The van der Waals surface area contributed by atoms with Gasteiger partial charge in [0, 0.05) is 24.3 Å². The fourth-order valence-electron chi connectivity index (χ4n) is 3.09. The van der Waals surface area contributed by atoms with Crippen molar-refractivity contribution in [1.29, 1.82) is 0 Å². The number of pyridine rings is 1. The molecular formula is C21H18N4O2. The van der Waals surface area contributed by atoms with E-state index in [0.29, 0.717) is 11.9 Å². The molecule has 0 saturated carbocycles. The van der Waals surface area contributed by atoms with Crippen LogP contribution in [0.4, 0.5) is 0 Å². The maximum atomic E-state index is 12.9. The molecule has 27 heavy (non-hydrogen) atoms. The molecule has 0 aliphatic rings. The smallest absolute Gasteiger partial charge is 0.261 e. The van der Waals surface area contributed by atoms with Gasteiger partial charge < -0.3 is 15.3 Å². The summed E-state index contributed by atoms with van der Waals surface area (Å²) in [7, 11) is 0. The molecule has 6 nitrogen and oxygen atoms in total. The van der Waals surface area contributed by atoms with Gasteiger partial charge >= 0.3 is 0 Å². The third-order valence-corrected chi connectivity index (χ3v) is 4.46. The van der Waals surface area contributed by atoms with Gasteiger partial charge in [0.15, 0.2) is 0 Å². The first-order valence-electron chi connectivity index (χ1n) is 8.67. The zero-order valence-electron chi connectivity index (χ0n) is 14.5. The van der Waals surface area contributed by atoms with Crippen LogP contribution in [0.25, 0.3) is 10.9 Å². The van der Waals surface area contributed by atoms with Gasteiger partial charge in [-0.15, -0.1) is 0 Å². The number of nitrogens with zero attached hydrogens (tertiary/aromatic N) is 1. The van der Waals surface area contributed by atoms with Gasteiger partial charge in [-0.1, -0.05) is 48.5 Å². The summed E-state index contributed by atoms with van der Waals surface area (Å²) in [5, 5.41) is 3.78. The van der Waals surface area contributed by atoms with Crippen molar-refractivity contribution in [2.45, 2.75) is 12.5 Å². The molecule has 0 fully saturated rings. The standard InChI is InChI=1S/C21H18N4O2/c26-20-16(12-15-8-4-5-9-17(15)24-20)21(27)25-18(13-19-22-10-11-23-19)14-6-2-1-3-7-14/h1-12,18H,13H2,(H,22,23)(H,24,26)(H,25,27). The highest BCUT2D eigenvalue weighted by Crippen LogP contribution is 2.18. The molecule has 0 aliphatic carbocycles. The van der Waals surface area contributed by atoms with Crippen LogP contribution < -0.4 is 10.9 Å². The molecule has 1 atom stereocenters. The molecule has 1 unspecified atom stereocenters. The second-order valence-electron chi connectivity index (χ2n) is 6.28. The largest absolute Gasteiger partial charge is 0.349 e. The Morgan fingerprint density at radius 1 is 1.07 bits per heavy atom. The van der Waals surface area contributed by atoms with Gasteiger partial charge in [0.05, 0.1) is 6.04 Å². The van der Waals surface area contributed by atoms with Gasteiger partial charge in [-0.3, -0.25) is 9.59 Å². The average molecular weight is 358 g/mol. The second kappa shape index (κ2) is 7.29. The van der Waals surface area contributed by atoms with Crippen molar-refractivity contribution in [2.75, 3.05) is 0 Å². The molecule has 0 aliphatic heterocycles. The normalized spacial score (nSPS) is 12.0. The Balaban J connectivity index is 1.65. The first kappa shape index (κ1) is 16.8. The Hall–Kier alpha value is -3.67. The summed E-state index contributed by atoms with van der Waals surface area (Å²) in [6, 6.07) is 18.3. The third-order valence-electron chi connectivity index (χ3n) is 4.46. The van der Waals surface area contributed by atoms with E-state index in [1.807, 2.05) is 54.6 Å². The van der Waals surface area contributed by atoms with Crippen molar-refractivity contribution in [3.8, 4) is 0 Å². The van der Waals surface area contributed by atoms with Crippen LogP contribution in [0.5, 0.6) is 0 Å². The van der Waals surface area contributed by atoms with Crippen LogP contribution in [0.2, 0.25) is 0 Å². The molecule has 2 aromatic carbocycles. The van der Waals surface area contributed by atoms with Crippen molar-refractivity contribution < 1.29 is 4.79 Å². The third kappa shape index (κ3) is 3.64. The molecule has 0 saturated heterocycles. The van der Waals surface area contributed by atoms with E-state index in [1.165, 1.54) is 0 Å². The molecule has 3 N–H and O–H groups in total. The molecular weight excluding hydrogens is 340 g/mol. The van der Waals surface area contributed by atoms with E-state index in [1.54, 1.807) is 18.5 Å². The first-order valence-corrected chi connectivity index (χ1v) is 8.67. The number of carbonyl (C=O) groups is 1. The lowest BCUT2D eigenvalue weighted by atomic mass is 10.0. The molecule has 0 spiro atoms. The Labute approximate surface area is 155 Å². The van der Waals surface area contributed by atoms with E-state index in [-0.39, 0.29) is 11.6 Å². The van der Waals surface area contributed by atoms with Gasteiger partial charge in [0.2, 0.25) is 0 Å². The van der Waals surface area contributed by atoms with Crippen LogP contribution in [-0.2, 0) is 6.42 Å². The van der Waals surface area contributed by atoms with Gasteiger partial charge in [-0.2, -0.15) is 0 Å². The summed E-state index contributed by atoms with van der Waals surface area (Å²) in [6.07, 6.45) is 3.91. The van der Waals surface area contributed by atoms with E-state index in [4.69, 9.17) is 0 Å². The van der Waals surface area contributed by atoms with E-state index >= 15 is 0 Å². The number of aromatic nitrogens is 3. The maximum absolute atomic E-state index is 12.9. The highest BCUT2D eigenvalue weighted by molar-refractivity contribution is 5.97. The number of nitrogens with one attached hydrogen (secondary N) is 3. The van der Waals surface area contributed by atoms with Crippen LogP contribution in [0.1, 0.15) is 27.8 Å². The quantitative estimate of drug-likeness (QED) is 0.512. The molecule has 2 heterocycles. The lowest BCUT2D eigenvalue weighted by Crippen LogP contribution is -2.34. The molecule has 0 bridgehead atoms. The van der Waals surface area contributed by atoms with Crippen molar-refractivity contribution in [3.05, 3.63) is 100 Å². The number of rotatable bonds is 5. The van der Waals surface area contributed by atoms with E-state index in [0.717, 1.165) is 16.8 Å². The molecule has 134 valence electrons. The van der Waals surface area contributed by atoms with Crippen LogP contribution >= 0.6 is 0 Å². The minimum Gasteiger partial charge on any atom is -0.349 e. The number of para-hydroxylation sites is 1. The predicted octanol–water partition coefficient (Wildman–Crippen LogP) is 2.97. The maximum Gasteiger partial charge on any atom is 0.261 e. The SMILES string of the molecule is O=C(NC(Cc1ncc[nH]1)c1ccccc1)c1cc2ccccc2[nH]c1=O. The fourth-order valence-corrected chi connectivity index (χ4v) is 3.09. The molecule has 6 heteroatoms. The van der Waals surface area contributed by atoms with E-state index in [9.17, 15) is 9.59 Å². The number of H-pyrrole nitrogens is 2. The highest BCUT2D eigenvalue weighted by Gasteiger charge is 2.19. The lowest BCUT2D eigenvalue weighted by Gasteiger charge is -2.18. The Bertz CT molecular complexity index is 1120. The number of amides is 1. The Kier molecular flexibility index (Phi) is 4.53. The summed E-state index contributed by atoms with van der Waals surface area (Å²) in [5.41, 5.74) is 1.33. The molecule has 2 aromatic heterocycles. The Morgan fingerprint density at radius 2 is 1.85 bits per heavy atom. The van der Waals surface area contributed by atoms with Gasteiger partial charge in [0.1, 0.15) is 11.4 Å². The average Bonchev–Trinajstić information content (AvgIpc) is 3.20. The van der Waals surface area contributed by atoms with Gasteiger partial charge in [-0.25, -0.2) is 4.98 Å². The predicted molar refractivity (Wildman–Crippen MR) is 104 cm³/mol. The first-order chi connectivity index (χ1) is 13.2. The molecule has 4 rings (SSSR count). The summed E-state index contributed by atoms with van der Waals surface area (Å²) in [5.74, 6) is 0.346. The number of aromatic amines is 2. The van der Waals surface area contributed by atoms with Crippen LogP contribution in [0, 0.1) is 0 Å².